The number of nitrogens with zero attached hydrogens (tertiary/aromatic N) is 1. The number of hydrogen-bond donors (Lipinski definition) is 0. The lowest BCUT2D eigenvalue weighted by Crippen LogP contribution is -2.24. The maximum Gasteiger partial charge on any atom is 0.237 e. The van der Waals surface area contributed by atoms with Crippen LogP contribution in [0.5, 0.6) is 0 Å². The summed E-state index contributed by atoms with van der Waals surface area (Å²) in [5.41, 5.74) is 2.97. The third-order valence-electron chi connectivity index (χ3n) is 4.17. The van der Waals surface area contributed by atoms with Crippen molar-refractivity contribution >= 4 is 43.5 Å². The lowest BCUT2D eigenvalue weighted by Gasteiger charge is -2.29. The third kappa shape index (κ3) is 4.32. The Kier molecular flexibility index (Phi) is 6.07. The van der Waals surface area contributed by atoms with Gasteiger partial charge in [-0.1, -0.05) is 56.4 Å². The second-order valence-electron chi connectivity index (χ2n) is 6.52. The predicted octanol–water partition coefficient (Wildman–Crippen LogP) is 5.49. The van der Waals surface area contributed by atoms with Crippen LogP contribution >= 0.6 is 22.6 Å². The van der Waals surface area contributed by atoms with Crippen molar-refractivity contribution in [1.82, 2.24) is 4.98 Å². The fourth-order valence-corrected chi connectivity index (χ4v) is 3.49. The van der Waals surface area contributed by atoms with E-state index in [1.807, 2.05) is 13.0 Å². The SMILES string of the molecule is Cc1nc2cc([C@H](CCI)O[Si]C(C)(C)C(C)C)ccc2o1. The van der Waals surface area contributed by atoms with Gasteiger partial charge in [0.15, 0.2) is 11.5 Å². The molecule has 0 spiro atoms. The van der Waals surface area contributed by atoms with Crippen LogP contribution in [-0.2, 0) is 4.43 Å². The summed E-state index contributed by atoms with van der Waals surface area (Å²) in [5.74, 6) is 1.31. The molecule has 1 heterocycles. The van der Waals surface area contributed by atoms with Crippen LogP contribution in [-0.4, -0.2) is 19.2 Å². The van der Waals surface area contributed by atoms with Crippen molar-refractivity contribution in [3.8, 4) is 0 Å². The van der Waals surface area contributed by atoms with Crippen molar-refractivity contribution in [1.29, 1.82) is 0 Å². The van der Waals surface area contributed by atoms with E-state index in [4.69, 9.17) is 8.84 Å². The summed E-state index contributed by atoms with van der Waals surface area (Å²) in [5, 5.41) is 0.206. The second-order valence-corrected chi connectivity index (χ2v) is 9.33. The molecule has 2 radical (unpaired) electrons. The zero-order valence-corrected chi connectivity index (χ0v) is 17.1. The van der Waals surface area contributed by atoms with E-state index in [2.05, 4.69) is 67.4 Å². The molecule has 22 heavy (non-hydrogen) atoms. The predicted molar refractivity (Wildman–Crippen MR) is 101 cm³/mol. The quantitative estimate of drug-likeness (QED) is 0.332. The van der Waals surface area contributed by atoms with Crippen LogP contribution in [0.4, 0.5) is 0 Å². The molecule has 0 fully saturated rings. The number of hydrogen-bond acceptors (Lipinski definition) is 3. The minimum Gasteiger partial charge on any atom is -0.441 e. The van der Waals surface area contributed by atoms with E-state index >= 15 is 0 Å². The molecule has 0 unspecified atom stereocenters. The van der Waals surface area contributed by atoms with Crippen molar-refractivity contribution in [2.45, 2.75) is 52.2 Å². The van der Waals surface area contributed by atoms with E-state index in [0.29, 0.717) is 21.6 Å². The Bertz CT molecular complexity index is 624. The van der Waals surface area contributed by atoms with E-state index in [1.54, 1.807) is 0 Å². The van der Waals surface area contributed by atoms with Crippen LogP contribution in [0.2, 0.25) is 5.04 Å². The topological polar surface area (TPSA) is 35.3 Å². The van der Waals surface area contributed by atoms with Gasteiger partial charge in [0, 0.05) is 11.4 Å². The number of benzene rings is 1. The van der Waals surface area contributed by atoms with Gasteiger partial charge in [-0.05, 0) is 35.1 Å². The molecule has 0 aliphatic heterocycles. The molecule has 0 bridgehead atoms. The summed E-state index contributed by atoms with van der Waals surface area (Å²) < 4.78 is 12.9. The van der Waals surface area contributed by atoms with Gasteiger partial charge in [-0.3, -0.25) is 0 Å². The Morgan fingerprint density at radius 1 is 1.36 bits per heavy atom. The van der Waals surface area contributed by atoms with Gasteiger partial charge in [-0.15, -0.1) is 0 Å². The van der Waals surface area contributed by atoms with Crippen LogP contribution < -0.4 is 0 Å². The molecule has 2 aromatic rings. The number of rotatable bonds is 7. The van der Waals surface area contributed by atoms with Gasteiger partial charge in [0.2, 0.25) is 9.76 Å². The molecule has 2 rings (SSSR count). The number of oxazole rings is 1. The molecule has 5 heteroatoms. The second kappa shape index (κ2) is 7.44. The standard InChI is InChI=1S/C17H24INO2Si/c1-11(2)17(4,5)22-21-15(8-9-18)13-6-7-16-14(10-13)19-12(3)20-16/h6-7,10-11,15H,8-9H2,1-5H3/t15-/m0/s1. The number of fused-ring (bicyclic) bond motifs is 1. The monoisotopic (exact) mass is 429 g/mol. The number of aryl methyl sites for hydroxylation is 1. The molecule has 1 aromatic heterocycles. The summed E-state index contributed by atoms with van der Waals surface area (Å²) in [6.07, 6.45) is 1.15. The molecule has 1 atom stereocenters. The van der Waals surface area contributed by atoms with Crippen LogP contribution in [0.25, 0.3) is 11.1 Å². The summed E-state index contributed by atoms with van der Waals surface area (Å²) in [6.45, 7) is 11.0. The Hall–Kier alpha value is -0.403. The average Bonchev–Trinajstić information content (AvgIpc) is 2.82. The lowest BCUT2D eigenvalue weighted by molar-refractivity contribution is 0.198. The molecule has 0 saturated heterocycles. The van der Waals surface area contributed by atoms with Gasteiger partial charge in [-0.2, -0.15) is 0 Å². The first-order chi connectivity index (χ1) is 10.3. The largest absolute Gasteiger partial charge is 0.441 e. The molecule has 0 amide bonds. The number of aromatic nitrogens is 1. The Balaban J connectivity index is 2.18. The molecule has 0 N–H and O–H groups in total. The first-order valence-electron chi connectivity index (χ1n) is 7.69. The van der Waals surface area contributed by atoms with Crippen LogP contribution in [0, 0.1) is 12.8 Å². The van der Waals surface area contributed by atoms with Gasteiger partial charge >= 0.3 is 0 Å². The van der Waals surface area contributed by atoms with Crippen LogP contribution in [0.15, 0.2) is 22.6 Å². The van der Waals surface area contributed by atoms with Crippen molar-refractivity contribution in [3.63, 3.8) is 0 Å². The highest BCUT2D eigenvalue weighted by Crippen LogP contribution is 2.35. The van der Waals surface area contributed by atoms with Gasteiger partial charge < -0.3 is 8.84 Å². The molecule has 0 saturated carbocycles. The Morgan fingerprint density at radius 2 is 2.09 bits per heavy atom. The third-order valence-corrected chi connectivity index (χ3v) is 6.30. The highest BCUT2D eigenvalue weighted by molar-refractivity contribution is 14.1. The summed E-state index contributed by atoms with van der Waals surface area (Å²) in [4.78, 5) is 4.43. The first-order valence-corrected chi connectivity index (χ1v) is 10.1. The number of halogens is 1. The van der Waals surface area contributed by atoms with E-state index in [1.165, 1.54) is 5.56 Å². The number of alkyl halides is 1. The molecule has 120 valence electrons. The molecule has 1 aromatic carbocycles. The van der Waals surface area contributed by atoms with E-state index < -0.39 is 0 Å². The van der Waals surface area contributed by atoms with Crippen molar-refractivity contribution < 1.29 is 8.84 Å². The van der Waals surface area contributed by atoms with Crippen LogP contribution in [0.3, 0.4) is 0 Å². The summed E-state index contributed by atoms with van der Waals surface area (Å²) in [6, 6.07) is 6.22. The van der Waals surface area contributed by atoms with Crippen molar-refractivity contribution in [2.24, 2.45) is 5.92 Å². The van der Waals surface area contributed by atoms with Gasteiger partial charge in [0.05, 0.1) is 6.10 Å². The minimum atomic E-state index is 0.134. The zero-order valence-electron chi connectivity index (χ0n) is 13.9. The Morgan fingerprint density at radius 3 is 2.73 bits per heavy atom. The molecular formula is C17H24INO2Si. The lowest BCUT2D eigenvalue weighted by atomic mass is 9.99. The molecule has 0 aliphatic rings. The summed E-state index contributed by atoms with van der Waals surface area (Å²) in [7, 11) is 0.490. The van der Waals surface area contributed by atoms with Gasteiger partial charge in [0.1, 0.15) is 5.52 Å². The van der Waals surface area contributed by atoms with E-state index in [9.17, 15) is 0 Å². The van der Waals surface area contributed by atoms with Crippen molar-refractivity contribution in [2.75, 3.05) is 4.43 Å². The maximum absolute atomic E-state index is 6.31. The molecule has 0 aliphatic carbocycles. The first kappa shape index (κ1) is 17.9. The fourth-order valence-electron chi connectivity index (χ4n) is 1.99. The normalized spacial score (nSPS) is 14.0. The highest BCUT2D eigenvalue weighted by atomic mass is 127. The molecule has 3 nitrogen and oxygen atoms in total. The van der Waals surface area contributed by atoms with E-state index in [-0.39, 0.29) is 11.1 Å². The zero-order chi connectivity index (χ0) is 16.3. The van der Waals surface area contributed by atoms with Gasteiger partial charge in [0.25, 0.3) is 0 Å². The highest BCUT2D eigenvalue weighted by Gasteiger charge is 2.27. The summed E-state index contributed by atoms with van der Waals surface area (Å²) >= 11 is 2.41. The van der Waals surface area contributed by atoms with Gasteiger partial charge in [-0.25, -0.2) is 4.98 Å². The maximum atomic E-state index is 6.31. The average molecular weight is 429 g/mol. The Labute approximate surface area is 149 Å². The van der Waals surface area contributed by atoms with E-state index in [0.717, 1.165) is 21.9 Å². The fraction of sp³-hybridized carbons (Fsp3) is 0.588. The van der Waals surface area contributed by atoms with Crippen molar-refractivity contribution in [3.05, 3.63) is 29.7 Å². The minimum absolute atomic E-state index is 0.134. The smallest absolute Gasteiger partial charge is 0.237 e. The molecular weight excluding hydrogens is 405 g/mol. The van der Waals surface area contributed by atoms with Crippen LogP contribution in [0.1, 0.15) is 51.7 Å².